The lowest BCUT2D eigenvalue weighted by Gasteiger charge is -2.13. The summed E-state index contributed by atoms with van der Waals surface area (Å²) < 4.78 is 12.4. The first-order chi connectivity index (χ1) is 13.7. The van der Waals surface area contributed by atoms with Crippen LogP contribution in [0.1, 0.15) is 29.7 Å². The number of nitrogens with one attached hydrogen (secondary N) is 1. The van der Waals surface area contributed by atoms with Gasteiger partial charge in [-0.25, -0.2) is 4.98 Å². The molecule has 0 saturated carbocycles. The molecule has 4 rings (SSSR count). The highest BCUT2D eigenvalue weighted by molar-refractivity contribution is 7.99. The van der Waals surface area contributed by atoms with E-state index in [1.807, 2.05) is 0 Å². The zero-order chi connectivity index (χ0) is 19.5. The summed E-state index contributed by atoms with van der Waals surface area (Å²) in [4.78, 5) is 32.2. The maximum absolute atomic E-state index is 13.2. The minimum Gasteiger partial charge on any atom is -0.383 e. The largest absolute Gasteiger partial charge is 0.383 e. The number of amides is 1. The quantitative estimate of drug-likeness (QED) is 0.516. The van der Waals surface area contributed by atoms with Gasteiger partial charge < -0.3 is 14.8 Å². The molecule has 1 fully saturated rings. The third-order valence-corrected chi connectivity index (χ3v) is 7.35. The molecule has 1 saturated heterocycles. The van der Waals surface area contributed by atoms with Crippen molar-refractivity contribution in [2.24, 2.45) is 0 Å². The molecule has 0 spiro atoms. The van der Waals surface area contributed by atoms with Gasteiger partial charge in [0.05, 0.1) is 30.4 Å². The van der Waals surface area contributed by atoms with Gasteiger partial charge in [0.25, 0.3) is 5.56 Å². The summed E-state index contributed by atoms with van der Waals surface area (Å²) in [6.07, 6.45) is 5.25. The second-order valence-corrected chi connectivity index (χ2v) is 9.14. The summed E-state index contributed by atoms with van der Waals surface area (Å²) in [6, 6.07) is 0. The van der Waals surface area contributed by atoms with E-state index in [1.54, 1.807) is 23.0 Å². The van der Waals surface area contributed by atoms with Gasteiger partial charge >= 0.3 is 0 Å². The Labute approximate surface area is 171 Å². The number of hydrogen-bond donors (Lipinski definition) is 1. The van der Waals surface area contributed by atoms with E-state index in [0.29, 0.717) is 24.9 Å². The maximum Gasteiger partial charge on any atom is 0.263 e. The van der Waals surface area contributed by atoms with E-state index in [2.05, 4.69) is 5.32 Å². The molecule has 1 N–H and O–H groups in total. The number of aryl methyl sites for hydroxylation is 2. The van der Waals surface area contributed by atoms with E-state index in [9.17, 15) is 9.59 Å². The third kappa shape index (κ3) is 4.12. The summed E-state index contributed by atoms with van der Waals surface area (Å²) in [5, 5.41) is 4.27. The molecule has 0 unspecified atom stereocenters. The van der Waals surface area contributed by atoms with Crippen LogP contribution in [-0.4, -0.2) is 54.2 Å². The highest BCUT2D eigenvalue weighted by atomic mass is 32.2. The van der Waals surface area contributed by atoms with Gasteiger partial charge in [-0.15, -0.1) is 11.3 Å². The number of nitrogens with zero attached hydrogens (tertiary/aromatic N) is 2. The van der Waals surface area contributed by atoms with E-state index in [4.69, 9.17) is 14.5 Å². The van der Waals surface area contributed by atoms with Crippen LogP contribution in [0.25, 0.3) is 10.2 Å². The molecule has 1 atom stereocenters. The predicted molar refractivity (Wildman–Crippen MR) is 110 cm³/mol. The molecule has 2 aromatic heterocycles. The van der Waals surface area contributed by atoms with E-state index in [1.165, 1.54) is 22.2 Å². The Hall–Kier alpha value is -1.42. The Morgan fingerprint density at radius 2 is 2.32 bits per heavy atom. The fourth-order valence-corrected chi connectivity index (χ4v) is 5.92. The van der Waals surface area contributed by atoms with Crippen molar-refractivity contribution in [2.45, 2.75) is 49.9 Å². The van der Waals surface area contributed by atoms with Crippen LogP contribution in [0.2, 0.25) is 0 Å². The van der Waals surface area contributed by atoms with Gasteiger partial charge in [0.1, 0.15) is 4.83 Å². The number of carbonyl (C=O) groups is 1. The SMILES string of the molecule is COCCn1c(SCC(=O)NC[C@H]2CCCO2)nc2sc3c(c2c1=O)CCC3. The molecule has 28 heavy (non-hydrogen) atoms. The predicted octanol–water partition coefficient (Wildman–Crippen LogP) is 1.98. The van der Waals surface area contributed by atoms with Crippen LogP contribution in [0.4, 0.5) is 0 Å². The van der Waals surface area contributed by atoms with Crippen LogP contribution in [-0.2, 0) is 33.7 Å². The average Bonchev–Trinajstić information content (AvgIpc) is 3.41. The number of carbonyl (C=O) groups excluding carboxylic acids is 1. The molecular formula is C19H25N3O4S2. The molecular weight excluding hydrogens is 398 g/mol. The fourth-order valence-electron chi connectivity index (χ4n) is 3.76. The standard InChI is InChI=1S/C19H25N3O4S2/c1-25-9-7-22-18(24)16-13-5-2-6-14(13)28-17(16)21-19(22)27-11-15(23)20-10-12-4-3-8-26-12/h12H,2-11H2,1H3,(H,20,23)/t12-/m1/s1. The lowest BCUT2D eigenvalue weighted by molar-refractivity contribution is -0.119. The van der Waals surface area contributed by atoms with Crippen LogP contribution < -0.4 is 10.9 Å². The topological polar surface area (TPSA) is 82.4 Å². The molecule has 0 aromatic carbocycles. The van der Waals surface area contributed by atoms with Crippen LogP contribution in [0.5, 0.6) is 0 Å². The molecule has 9 heteroatoms. The number of fused-ring (bicyclic) bond motifs is 3. The molecule has 1 aliphatic carbocycles. The zero-order valence-corrected chi connectivity index (χ0v) is 17.6. The molecule has 2 aliphatic rings. The first-order valence-electron chi connectivity index (χ1n) is 9.72. The van der Waals surface area contributed by atoms with Crippen molar-refractivity contribution in [3.63, 3.8) is 0 Å². The van der Waals surface area contributed by atoms with Crippen molar-refractivity contribution in [3.8, 4) is 0 Å². The molecule has 2 aromatic rings. The van der Waals surface area contributed by atoms with Crippen LogP contribution in [0.3, 0.4) is 0 Å². The minimum atomic E-state index is -0.0678. The fraction of sp³-hybridized carbons (Fsp3) is 0.632. The average molecular weight is 424 g/mol. The summed E-state index contributed by atoms with van der Waals surface area (Å²) in [6.45, 7) is 2.18. The monoisotopic (exact) mass is 423 g/mol. The van der Waals surface area contributed by atoms with Gasteiger partial charge in [-0.2, -0.15) is 0 Å². The van der Waals surface area contributed by atoms with Crippen LogP contribution in [0.15, 0.2) is 9.95 Å². The smallest absolute Gasteiger partial charge is 0.263 e. The van der Waals surface area contributed by atoms with Crippen molar-refractivity contribution >= 4 is 39.2 Å². The molecule has 3 heterocycles. The number of aromatic nitrogens is 2. The van der Waals surface area contributed by atoms with Crippen molar-refractivity contribution in [1.29, 1.82) is 0 Å². The number of hydrogen-bond acceptors (Lipinski definition) is 7. The second-order valence-electron chi connectivity index (χ2n) is 7.11. The second kappa shape index (κ2) is 8.94. The normalized spacial score (nSPS) is 18.7. The molecule has 1 aliphatic heterocycles. The highest BCUT2D eigenvalue weighted by Gasteiger charge is 2.23. The van der Waals surface area contributed by atoms with Crippen molar-refractivity contribution < 1.29 is 14.3 Å². The number of thiophene rings is 1. The Morgan fingerprint density at radius 1 is 1.43 bits per heavy atom. The number of thioether (sulfide) groups is 1. The van der Waals surface area contributed by atoms with E-state index >= 15 is 0 Å². The van der Waals surface area contributed by atoms with Gasteiger partial charge in [-0.1, -0.05) is 11.8 Å². The first kappa shape index (κ1) is 19.9. The Morgan fingerprint density at radius 3 is 3.11 bits per heavy atom. The lowest BCUT2D eigenvalue weighted by atomic mass is 10.2. The number of rotatable bonds is 8. The lowest BCUT2D eigenvalue weighted by Crippen LogP contribution is -2.33. The molecule has 152 valence electrons. The first-order valence-corrected chi connectivity index (χ1v) is 11.5. The summed E-state index contributed by atoms with van der Waals surface area (Å²) >= 11 is 2.93. The zero-order valence-electron chi connectivity index (χ0n) is 16.0. The van der Waals surface area contributed by atoms with Gasteiger partial charge in [0.15, 0.2) is 5.16 Å². The highest BCUT2D eigenvalue weighted by Crippen LogP contribution is 2.35. The Bertz CT molecular complexity index is 918. The number of methoxy groups -OCH3 is 1. The molecule has 0 bridgehead atoms. The Balaban J connectivity index is 1.51. The van der Waals surface area contributed by atoms with Crippen molar-refractivity contribution in [1.82, 2.24) is 14.9 Å². The van der Waals surface area contributed by atoms with Crippen molar-refractivity contribution in [3.05, 3.63) is 20.8 Å². The maximum atomic E-state index is 13.2. The summed E-state index contributed by atoms with van der Waals surface area (Å²) in [5.74, 6) is 0.157. The molecule has 0 radical (unpaired) electrons. The summed E-state index contributed by atoms with van der Waals surface area (Å²) in [5.41, 5.74) is 1.17. The van der Waals surface area contributed by atoms with Gasteiger partial charge in [-0.05, 0) is 37.7 Å². The summed E-state index contributed by atoms with van der Waals surface area (Å²) in [7, 11) is 1.62. The molecule has 1 amide bonds. The molecule has 7 nitrogen and oxygen atoms in total. The van der Waals surface area contributed by atoms with Gasteiger partial charge in [-0.3, -0.25) is 14.2 Å². The number of ether oxygens (including phenoxy) is 2. The van der Waals surface area contributed by atoms with Crippen LogP contribution >= 0.6 is 23.1 Å². The minimum absolute atomic E-state index is 0.0105. The van der Waals surface area contributed by atoms with E-state index < -0.39 is 0 Å². The van der Waals surface area contributed by atoms with Gasteiger partial charge in [0.2, 0.25) is 5.91 Å². The van der Waals surface area contributed by atoms with Crippen LogP contribution in [0, 0.1) is 0 Å². The van der Waals surface area contributed by atoms with Crippen molar-refractivity contribution in [2.75, 3.05) is 32.6 Å². The Kier molecular flexibility index (Phi) is 6.35. The third-order valence-electron chi connectivity index (χ3n) is 5.19. The van der Waals surface area contributed by atoms with E-state index in [0.717, 1.165) is 48.9 Å². The van der Waals surface area contributed by atoms with E-state index in [-0.39, 0.29) is 23.3 Å². The van der Waals surface area contributed by atoms with Gasteiger partial charge in [0, 0.05) is 25.1 Å².